The summed E-state index contributed by atoms with van der Waals surface area (Å²) in [5, 5.41) is 14.1. The van der Waals surface area contributed by atoms with Crippen molar-refractivity contribution in [3.05, 3.63) is 27.8 Å². The highest BCUT2D eigenvalue weighted by atomic mass is 16.6. The van der Waals surface area contributed by atoms with Crippen LogP contribution < -0.4 is 0 Å². The monoisotopic (exact) mass is 197 g/mol. The minimum Gasteiger partial charge on any atom is -0.383 e. The zero-order chi connectivity index (χ0) is 10.7. The third kappa shape index (κ3) is 2.09. The van der Waals surface area contributed by atoms with Gasteiger partial charge in [-0.3, -0.25) is 10.1 Å². The van der Waals surface area contributed by atoms with E-state index in [1.165, 1.54) is 13.0 Å². The first-order valence-corrected chi connectivity index (χ1v) is 3.97. The summed E-state index contributed by atoms with van der Waals surface area (Å²) in [6, 6.07) is 0. The van der Waals surface area contributed by atoms with Gasteiger partial charge in [0.2, 0.25) is 5.76 Å². The quantitative estimate of drug-likeness (QED) is 0.541. The largest absolute Gasteiger partial charge is 0.383 e. The van der Waals surface area contributed by atoms with E-state index in [0.717, 1.165) is 0 Å². The second-order valence-corrected chi connectivity index (χ2v) is 3.02. The highest BCUT2D eigenvalue weighted by Gasteiger charge is 2.21. The van der Waals surface area contributed by atoms with Crippen LogP contribution in [0.1, 0.15) is 11.5 Å². The van der Waals surface area contributed by atoms with E-state index < -0.39 is 4.92 Å². The molecule has 0 saturated heterocycles. The number of hydrogen-bond acceptors (Lipinski definition) is 5. The molecule has 14 heavy (non-hydrogen) atoms. The molecule has 6 nitrogen and oxygen atoms in total. The highest BCUT2D eigenvalue weighted by molar-refractivity contribution is 5.56. The number of nitro groups is 1. The lowest BCUT2D eigenvalue weighted by Gasteiger charge is -2.00. The third-order valence-electron chi connectivity index (χ3n) is 1.56. The zero-order valence-electron chi connectivity index (χ0n) is 8.22. The maximum absolute atomic E-state index is 10.6. The molecule has 0 unspecified atom stereocenters. The fraction of sp³-hybridized carbons (Fsp3) is 0.375. The van der Waals surface area contributed by atoms with Crippen LogP contribution in [0, 0.1) is 17.0 Å². The number of aryl methyl sites for hydroxylation is 1. The predicted molar refractivity (Wildman–Crippen MR) is 50.6 cm³/mol. The van der Waals surface area contributed by atoms with E-state index in [2.05, 4.69) is 5.16 Å². The molecular formula is C8H11N3O3. The van der Waals surface area contributed by atoms with Crippen LogP contribution in [-0.4, -0.2) is 29.1 Å². The van der Waals surface area contributed by atoms with Crippen LogP contribution in [0.2, 0.25) is 0 Å². The molecule has 1 heterocycles. The molecule has 0 aliphatic rings. The average Bonchev–Trinajstić information content (AvgIpc) is 2.43. The van der Waals surface area contributed by atoms with Crippen molar-refractivity contribution >= 4 is 11.8 Å². The number of hydrogen-bond donors (Lipinski definition) is 0. The molecule has 0 aromatic carbocycles. The van der Waals surface area contributed by atoms with Gasteiger partial charge in [0, 0.05) is 26.4 Å². The van der Waals surface area contributed by atoms with Crippen molar-refractivity contribution in [2.75, 3.05) is 14.1 Å². The van der Waals surface area contributed by atoms with Gasteiger partial charge in [-0.15, -0.1) is 0 Å². The lowest BCUT2D eigenvalue weighted by Crippen LogP contribution is -1.99. The van der Waals surface area contributed by atoms with Crippen molar-refractivity contribution in [2.24, 2.45) is 0 Å². The molecule has 0 atom stereocenters. The van der Waals surface area contributed by atoms with Crippen molar-refractivity contribution in [3.8, 4) is 0 Å². The minimum absolute atomic E-state index is 0.0805. The molecule has 0 saturated carbocycles. The van der Waals surface area contributed by atoms with E-state index in [4.69, 9.17) is 4.52 Å². The molecule has 0 fully saturated rings. The van der Waals surface area contributed by atoms with E-state index in [0.29, 0.717) is 0 Å². The summed E-state index contributed by atoms with van der Waals surface area (Å²) in [4.78, 5) is 11.9. The number of rotatable bonds is 3. The number of aromatic nitrogens is 1. The van der Waals surface area contributed by atoms with Gasteiger partial charge in [-0.25, -0.2) is 0 Å². The molecule has 0 spiro atoms. The second-order valence-electron chi connectivity index (χ2n) is 3.02. The Morgan fingerprint density at radius 1 is 1.57 bits per heavy atom. The third-order valence-corrected chi connectivity index (χ3v) is 1.56. The van der Waals surface area contributed by atoms with Crippen LogP contribution in [0.15, 0.2) is 10.7 Å². The van der Waals surface area contributed by atoms with Crippen LogP contribution in [0.5, 0.6) is 0 Å². The molecule has 0 amide bonds. The summed E-state index contributed by atoms with van der Waals surface area (Å²) in [5.74, 6) is 0.168. The van der Waals surface area contributed by atoms with Crippen molar-refractivity contribution in [2.45, 2.75) is 6.92 Å². The first-order chi connectivity index (χ1) is 6.52. The molecule has 1 rings (SSSR count). The summed E-state index contributed by atoms with van der Waals surface area (Å²) in [5.41, 5.74) is 0.205. The Balaban J connectivity index is 3.04. The van der Waals surface area contributed by atoms with Gasteiger partial charge < -0.3 is 9.42 Å². The standard InChI is InChI=1S/C8H11N3O3/c1-6-8(11(12)13)7(14-9-6)4-5-10(2)3/h4-5H,1-3H3. The lowest BCUT2D eigenvalue weighted by molar-refractivity contribution is -0.386. The molecule has 76 valence electrons. The Kier molecular flexibility index (Phi) is 2.85. The lowest BCUT2D eigenvalue weighted by atomic mass is 10.3. The number of nitrogens with zero attached hydrogens (tertiary/aromatic N) is 3. The van der Waals surface area contributed by atoms with E-state index in [1.807, 2.05) is 14.1 Å². The fourth-order valence-corrected chi connectivity index (χ4v) is 0.931. The normalized spacial score (nSPS) is 10.8. The van der Waals surface area contributed by atoms with Crippen LogP contribution in [0.4, 0.5) is 5.69 Å². The molecule has 6 heteroatoms. The Morgan fingerprint density at radius 2 is 2.21 bits per heavy atom. The Morgan fingerprint density at radius 3 is 2.71 bits per heavy atom. The van der Waals surface area contributed by atoms with Gasteiger partial charge in [-0.2, -0.15) is 0 Å². The smallest absolute Gasteiger partial charge is 0.338 e. The summed E-state index contributed by atoms with van der Waals surface area (Å²) >= 11 is 0. The molecule has 0 bridgehead atoms. The van der Waals surface area contributed by atoms with Crippen molar-refractivity contribution < 1.29 is 9.45 Å². The van der Waals surface area contributed by atoms with Crippen LogP contribution >= 0.6 is 0 Å². The second kappa shape index (κ2) is 3.91. The van der Waals surface area contributed by atoms with Crippen molar-refractivity contribution in [3.63, 3.8) is 0 Å². The maximum atomic E-state index is 10.6. The van der Waals surface area contributed by atoms with Gasteiger partial charge >= 0.3 is 5.69 Å². The van der Waals surface area contributed by atoms with Crippen molar-refractivity contribution in [1.29, 1.82) is 0 Å². The fourth-order valence-electron chi connectivity index (χ4n) is 0.931. The first kappa shape index (κ1) is 10.2. The molecule has 0 radical (unpaired) electrons. The van der Waals surface area contributed by atoms with Crippen molar-refractivity contribution in [1.82, 2.24) is 10.1 Å². The van der Waals surface area contributed by atoms with E-state index in [-0.39, 0.29) is 17.1 Å². The summed E-state index contributed by atoms with van der Waals surface area (Å²) < 4.78 is 4.80. The summed E-state index contributed by atoms with van der Waals surface area (Å²) in [6.07, 6.45) is 3.17. The van der Waals surface area contributed by atoms with Crippen LogP contribution in [-0.2, 0) is 0 Å². The predicted octanol–water partition coefficient (Wildman–Crippen LogP) is 1.42. The summed E-state index contributed by atoms with van der Waals surface area (Å²) in [7, 11) is 3.62. The molecule has 1 aromatic rings. The Bertz CT molecular complexity index is 368. The zero-order valence-corrected chi connectivity index (χ0v) is 8.22. The molecule has 0 aliphatic carbocycles. The van der Waals surface area contributed by atoms with E-state index in [1.54, 1.807) is 11.1 Å². The SMILES string of the molecule is Cc1noc(C=CN(C)C)c1[N+](=O)[O-]. The Labute approximate surface area is 80.9 Å². The maximum Gasteiger partial charge on any atom is 0.338 e. The first-order valence-electron chi connectivity index (χ1n) is 3.97. The summed E-state index contributed by atoms with van der Waals surface area (Å²) in [6.45, 7) is 1.54. The van der Waals surface area contributed by atoms with Gasteiger partial charge in [0.05, 0.1) is 4.92 Å². The van der Waals surface area contributed by atoms with Crippen LogP contribution in [0.3, 0.4) is 0 Å². The molecule has 1 aromatic heterocycles. The van der Waals surface area contributed by atoms with E-state index in [9.17, 15) is 10.1 Å². The van der Waals surface area contributed by atoms with Gasteiger partial charge in [-0.1, -0.05) is 5.16 Å². The molecule has 0 aliphatic heterocycles. The average molecular weight is 197 g/mol. The minimum atomic E-state index is -0.499. The highest BCUT2D eigenvalue weighted by Crippen LogP contribution is 2.23. The Hall–Kier alpha value is -1.85. The topological polar surface area (TPSA) is 72.4 Å². The van der Waals surface area contributed by atoms with Gasteiger partial charge in [0.25, 0.3) is 0 Å². The van der Waals surface area contributed by atoms with Gasteiger partial charge in [-0.05, 0) is 6.92 Å². The van der Waals surface area contributed by atoms with Gasteiger partial charge in [0.15, 0.2) is 5.69 Å². The van der Waals surface area contributed by atoms with Gasteiger partial charge in [0.1, 0.15) is 0 Å². The van der Waals surface area contributed by atoms with E-state index >= 15 is 0 Å². The van der Waals surface area contributed by atoms with Crippen LogP contribution in [0.25, 0.3) is 6.08 Å². The molecular weight excluding hydrogens is 186 g/mol. The molecule has 0 N–H and O–H groups in total.